The molecular formula is C35H34FN5O6. The van der Waals surface area contributed by atoms with Crippen molar-refractivity contribution in [2.45, 2.75) is 37.8 Å². The van der Waals surface area contributed by atoms with Crippen LogP contribution in [-0.2, 0) is 9.59 Å². The topological polar surface area (TPSA) is 122 Å². The second kappa shape index (κ2) is 12.2. The first-order chi connectivity index (χ1) is 22.7. The Labute approximate surface area is 270 Å². The van der Waals surface area contributed by atoms with Crippen molar-refractivity contribution in [1.82, 2.24) is 14.8 Å². The number of nitrogens with one attached hydrogen (secondary N) is 2. The molecule has 3 heterocycles. The minimum absolute atomic E-state index is 0.137. The Morgan fingerprint density at radius 2 is 1.47 bits per heavy atom. The molecule has 1 saturated carbocycles. The van der Waals surface area contributed by atoms with E-state index in [0.29, 0.717) is 52.4 Å². The average Bonchev–Trinajstić information content (AvgIpc) is 3.83. The van der Waals surface area contributed by atoms with E-state index in [4.69, 9.17) is 14.2 Å². The number of fused-ring (bicyclic) bond motifs is 3. The number of hydrogen-bond acceptors (Lipinski definition) is 8. The van der Waals surface area contributed by atoms with Gasteiger partial charge in [-0.2, -0.15) is 0 Å². The molecule has 2 saturated heterocycles. The molecule has 2 N–H and O–H groups in total. The number of carbonyl (C=O) groups is 3. The number of nitrogens with zero attached hydrogens (tertiary/aromatic N) is 3. The summed E-state index contributed by atoms with van der Waals surface area (Å²) in [6.45, 7) is 1.65. The molecule has 0 spiro atoms. The first-order valence-corrected chi connectivity index (χ1v) is 15.5. The lowest BCUT2D eigenvalue weighted by molar-refractivity contribution is -0.131. The third kappa shape index (κ3) is 6.03. The Balaban J connectivity index is 1.02. The van der Waals surface area contributed by atoms with E-state index in [1.165, 1.54) is 31.4 Å². The summed E-state index contributed by atoms with van der Waals surface area (Å²) in [5.74, 6) is 0.431. The first-order valence-electron chi connectivity index (χ1n) is 15.5. The van der Waals surface area contributed by atoms with Gasteiger partial charge in [-0.3, -0.25) is 19.5 Å². The van der Waals surface area contributed by atoms with Crippen molar-refractivity contribution in [3.63, 3.8) is 0 Å². The molecule has 11 nitrogen and oxygen atoms in total. The first kappa shape index (κ1) is 30.4. The van der Waals surface area contributed by atoms with Crippen LogP contribution in [0.3, 0.4) is 0 Å². The quantitative estimate of drug-likeness (QED) is 0.232. The number of benzene rings is 3. The number of likely N-dealkylation sites (N-methyl/N-ethyl adjacent to an activating group) is 1. The smallest absolute Gasteiger partial charge is 0.415 e. The van der Waals surface area contributed by atoms with Gasteiger partial charge in [0, 0.05) is 54.2 Å². The third-order valence-electron chi connectivity index (χ3n) is 9.12. The molecule has 1 aliphatic carbocycles. The van der Waals surface area contributed by atoms with Crippen LogP contribution in [0.2, 0.25) is 0 Å². The van der Waals surface area contributed by atoms with E-state index in [2.05, 4.69) is 27.6 Å². The van der Waals surface area contributed by atoms with Crippen LogP contribution in [-0.4, -0.2) is 72.0 Å². The third-order valence-corrected chi connectivity index (χ3v) is 9.12. The summed E-state index contributed by atoms with van der Waals surface area (Å²) >= 11 is 0. The van der Waals surface area contributed by atoms with Crippen molar-refractivity contribution >= 4 is 40.2 Å². The van der Waals surface area contributed by atoms with Crippen molar-refractivity contribution in [1.29, 1.82) is 0 Å². The number of piperazine rings is 1. The van der Waals surface area contributed by atoms with Crippen LogP contribution >= 0.6 is 0 Å². The largest absolute Gasteiger partial charge is 0.493 e. The van der Waals surface area contributed by atoms with E-state index in [1.54, 1.807) is 48.7 Å². The zero-order valence-corrected chi connectivity index (χ0v) is 26.0. The molecule has 2 bridgehead atoms. The molecule has 47 heavy (non-hydrogen) atoms. The van der Waals surface area contributed by atoms with E-state index in [0.717, 1.165) is 25.9 Å². The van der Waals surface area contributed by atoms with E-state index < -0.39 is 23.0 Å². The summed E-state index contributed by atoms with van der Waals surface area (Å²) in [6.07, 6.45) is 3.99. The van der Waals surface area contributed by atoms with Crippen LogP contribution in [0.25, 0.3) is 10.9 Å². The molecule has 12 heteroatoms. The highest BCUT2D eigenvalue weighted by Crippen LogP contribution is 2.47. The number of hydrogen-bond donors (Lipinski definition) is 2. The minimum atomic E-state index is -1.17. The van der Waals surface area contributed by atoms with Gasteiger partial charge in [-0.05, 0) is 93.4 Å². The summed E-state index contributed by atoms with van der Waals surface area (Å²) in [5, 5.41) is 6.18. The SMILES string of the molecule is COc1cc2c(Oc3ccc(NC(=O)C4(C(=O)Nc5ccc(F)cc5)CC4)cc3)ccnc2cc1OC(=O)N1C2CCC1CN(C)C2. The van der Waals surface area contributed by atoms with Gasteiger partial charge >= 0.3 is 6.09 Å². The molecule has 7 rings (SSSR count). The molecular weight excluding hydrogens is 605 g/mol. The summed E-state index contributed by atoms with van der Waals surface area (Å²) in [7, 11) is 3.59. The number of anilines is 2. The molecule has 0 radical (unpaired) electrons. The number of likely N-dealkylation sites (tertiary alicyclic amines) is 1. The molecule has 3 aliphatic rings. The number of rotatable bonds is 8. The fraction of sp³-hybridized carbons (Fsp3) is 0.314. The summed E-state index contributed by atoms with van der Waals surface area (Å²) in [4.78, 5) is 47.8. The number of ether oxygens (including phenoxy) is 3. The van der Waals surface area contributed by atoms with Crippen LogP contribution in [0.15, 0.2) is 72.9 Å². The monoisotopic (exact) mass is 639 g/mol. The number of aromatic nitrogens is 1. The van der Waals surface area contributed by atoms with Crippen LogP contribution in [0.1, 0.15) is 25.7 Å². The highest BCUT2D eigenvalue weighted by Gasteiger charge is 2.56. The van der Waals surface area contributed by atoms with Gasteiger partial charge in [0.25, 0.3) is 0 Å². The molecule has 3 aromatic carbocycles. The number of carbonyl (C=O) groups excluding carboxylic acids is 3. The normalized spacial score (nSPS) is 19.6. The van der Waals surface area contributed by atoms with Crippen molar-refractivity contribution in [3.8, 4) is 23.0 Å². The Morgan fingerprint density at radius 3 is 2.06 bits per heavy atom. The molecule has 3 fully saturated rings. The van der Waals surface area contributed by atoms with E-state index in [-0.39, 0.29) is 23.9 Å². The number of pyridine rings is 1. The van der Waals surface area contributed by atoms with Gasteiger partial charge in [-0.15, -0.1) is 0 Å². The molecule has 4 aromatic rings. The molecule has 242 valence electrons. The van der Waals surface area contributed by atoms with E-state index >= 15 is 0 Å². The maximum absolute atomic E-state index is 13.2. The van der Waals surface area contributed by atoms with Gasteiger partial charge in [0.1, 0.15) is 22.7 Å². The number of amides is 3. The summed E-state index contributed by atoms with van der Waals surface area (Å²) < 4.78 is 30.9. The predicted octanol–water partition coefficient (Wildman–Crippen LogP) is 5.81. The van der Waals surface area contributed by atoms with Gasteiger partial charge in [0.05, 0.1) is 12.6 Å². The van der Waals surface area contributed by atoms with Gasteiger partial charge in [0.15, 0.2) is 11.5 Å². The lowest BCUT2D eigenvalue weighted by Crippen LogP contribution is -2.55. The van der Waals surface area contributed by atoms with Crippen LogP contribution in [0.5, 0.6) is 23.0 Å². The molecule has 2 atom stereocenters. The van der Waals surface area contributed by atoms with Crippen LogP contribution in [0.4, 0.5) is 20.6 Å². The lowest BCUT2D eigenvalue weighted by atomic mass is 10.0. The van der Waals surface area contributed by atoms with Gasteiger partial charge in [0.2, 0.25) is 11.8 Å². The zero-order valence-electron chi connectivity index (χ0n) is 26.0. The predicted molar refractivity (Wildman–Crippen MR) is 172 cm³/mol. The summed E-state index contributed by atoms with van der Waals surface area (Å²) in [6, 6.07) is 17.6. The average molecular weight is 640 g/mol. The zero-order chi connectivity index (χ0) is 32.7. The van der Waals surface area contributed by atoms with Crippen molar-refractivity contribution in [3.05, 3.63) is 78.7 Å². The summed E-state index contributed by atoms with van der Waals surface area (Å²) in [5.41, 5.74) is 0.318. The molecule has 2 aliphatic heterocycles. The van der Waals surface area contributed by atoms with Crippen molar-refractivity contribution in [2.24, 2.45) is 5.41 Å². The van der Waals surface area contributed by atoms with E-state index in [9.17, 15) is 18.8 Å². The Hall–Kier alpha value is -5.23. The minimum Gasteiger partial charge on any atom is -0.493 e. The fourth-order valence-electron chi connectivity index (χ4n) is 6.47. The van der Waals surface area contributed by atoms with Gasteiger partial charge < -0.3 is 29.7 Å². The van der Waals surface area contributed by atoms with Crippen LogP contribution < -0.4 is 24.8 Å². The Morgan fingerprint density at radius 1 is 0.851 bits per heavy atom. The number of halogens is 1. The number of methoxy groups -OCH3 is 1. The van der Waals surface area contributed by atoms with Gasteiger partial charge in [-0.25, -0.2) is 9.18 Å². The standard InChI is InChI=1S/C35H34FN5O6/c1-40-19-24-9-10-25(20-40)41(24)34(44)47-31-18-28-27(17-30(31)45-2)29(13-16-37-28)46-26-11-7-23(8-12-26)39-33(43)35(14-15-35)32(42)38-22-5-3-21(36)4-6-22/h3-8,11-13,16-18,24-25H,9-10,14-15,19-20H2,1-2H3,(H,38,42)(H,39,43). The van der Waals surface area contributed by atoms with E-state index in [1.807, 2.05) is 4.90 Å². The second-order valence-corrected chi connectivity index (χ2v) is 12.3. The van der Waals surface area contributed by atoms with Gasteiger partial charge in [-0.1, -0.05) is 0 Å². The van der Waals surface area contributed by atoms with Crippen molar-refractivity contribution in [2.75, 3.05) is 37.9 Å². The highest BCUT2D eigenvalue weighted by atomic mass is 19.1. The molecule has 1 aromatic heterocycles. The highest BCUT2D eigenvalue weighted by molar-refractivity contribution is 6.16. The van der Waals surface area contributed by atoms with Crippen LogP contribution in [0, 0.1) is 11.2 Å². The maximum Gasteiger partial charge on any atom is 0.415 e. The Bertz CT molecular complexity index is 1830. The van der Waals surface area contributed by atoms with Crippen molar-refractivity contribution < 1.29 is 33.0 Å². The molecule has 2 unspecified atom stereocenters. The molecule has 3 amide bonds. The maximum atomic E-state index is 13.2. The Kier molecular flexibility index (Phi) is 7.88. The second-order valence-electron chi connectivity index (χ2n) is 12.3. The fourth-order valence-corrected chi connectivity index (χ4v) is 6.47. The lowest BCUT2D eigenvalue weighted by Gasteiger charge is -2.38.